The first kappa shape index (κ1) is 21.9. The van der Waals surface area contributed by atoms with Crippen molar-refractivity contribution in [2.75, 3.05) is 0 Å². The van der Waals surface area contributed by atoms with Crippen molar-refractivity contribution in [3.05, 3.63) is 57.3 Å². The Labute approximate surface area is 172 Å². The summed E-state index contributed by atoms with van der Waals surface area (Å²) in [4.78, 5) is 0. The smallest absolute Gasteiger partial charge is 0.164 e. The molecule has 0 saturated carbocycles. The number of unbranched alkanes of at least 4 members (excludes halogenated alkanes) is 4. The molecule has 3 heteroatoms. The van der Waals surface area contributed by atoms with E-state index in [2.05, 4.69) is 13.8 Å². The largest absolute Gasteiger partial charge is 0.208 e. The number of benzene rings is 1. The fraction of sp³-hybridized carbons (Fsp3) is 0.538. The number of fused-ring (bicyclic) bond motifs is 2. The standard InChI is InChI=1S/C26H33F3/c1-4-7-9-11-18-14-19-16-20-17-26(12-6-3,13-10-8-5-2)25(29)24(28)23(20)22(19)21(27)15-18/h14-17H,4-13H2,1-3H3. The van der Waals surface area contributed by atoms with Gasteiger partial charge in [-0.05, 0) is 54.2 Å². The Bertz CT molecular complexity index is 935. The minimum absolute atomic E-state index is 0.109. The summed E-state index contributed by atoms with van der Waals surface area (Å²) < 4.78 is 45.6. The van der Waals surface area contributed by atoms with E-state index in [-0.39, 0.29) is 10.8 Å². The maximum Gasteiger partial charge on any atom is 0.164 e. The molecule has 0 fully saturated rings. The highest BCUT2D eigenvalue weighted by molar-refractivity contribution is 5.91. The van der Waals surface area contributed by atoms with Gasteiger partial charge in [-0.15, -0.1) is 0 Å². The molecule has 1 aromatic rings. The third-order valence-corrected chi connectivity index (χ3v) is 6.30. The Morgan fingerprint density at radius 1 is 0.828 bits per heavy atom. The average Bonchev–Trinajstić information content (AvgIpc) is 3.05. The van der Waals surface area contributed by atoms with Gasteiger partial charge in [0.2, 0.25) is 0 Å². The van der Waals surface area contributed by atoms with Gasteiger partial charge in [-0.3, -0.25) is 0 Å². The summed E-state index contributed by atoms with van der Waals surface area (Å²) >= 11 is 0. The number of rotatable bonds is 10. The van der Waals surface area contributed by atoms with E-state index < -0.39 is 22.9 Å². The van der Waals surface area contributed by atoms with Crippen LogP contribution >= 0.6 is 0 Å². The molecule has 0 amide bonds. The van der Waals surface area contributed by atoms with Crippen LogP contribution in [0, 0.1) is 11.2 Å². The van der Waals surface area contributed by atoms with Crippen LogP contribution in [-0.2, 0) is 6.42 Å². The molecule has 158 valence electrons. The van der Waals surface area contributed by atoms with Crippen molar-refractivity contribution in [2.45, 2.75) is 85.0 Å². The van der Waals surface area contributed by atoms with Gasteiger partial charge >= 0.3 is 0 Å². The van der Waals surface area contributed by atoms with Gasteiger partial charge in [0.05, 0.1) is 0 Å². The van der Waals surface area contributed by atoms with Gasteiger partial charge in [0.15, 0.2) is 5.83 Å². The molecule has 0 N–H and O–H groups in total. The van der Waals surface area contributed by atoms with Crippen LogP contribution in [0.3, 0.4) is 0 Å². The van der Waals surface area contributed by atoms with Crippen LogP contribution in [-0.4, -0.2) is 0 Å². The molecule has 0 saturated heterocycles. The highest BCUT2D eigenvalue weighted by Crippen LogP contribution is 2.50. The van der Waals surface area contributed by atoms with Crippen LogP contribution < -0.4 is 10.4 Å². The van der Waals surface area contributed by atoms with E-state index in [1.807, 2.05) is 25.1 Å². The van der Waals surface area contributed by atoms with E-state index in [0.29, 0.717) is 23.6 Å². The van der Waals surface area contributed by atoms with Gasteiger partial charge in [0.25, 0.3) is 0 Å². The average molecular weight is 403 g/mol. The molecule has 0 nitrogen and oxygen atoms in total. The lowest BCUT2D eigenvalue weighted by molar-refractivity contribution is 0.285. The number of hydrogen-bond donors (Lipinski definition) is 0. The molecular weight excluding hydrogens is 369 g/mol. The minimum Gasteiger partial charge on any atom is -0.208 e. The second kappa shape index (κ2) is 9.36. The summed E-state index contributed by atoms with van der Waals surface area (Å²) in [6, 6.07) is 3.45. The molecule has 1 aromatic carbocycles. The monoisotopic (exact) mass is 402 g/mol. The summed E-state index contributed by atoms with van der Waals surface area (Å²) in [6.45, 7) is 6.24. The first-order chi connectivity index (χ1) is 14.0. The molecule has 0 heterocycles. The molecule has 0 radical (unpaired) electrons. The highest BCUT2D eigenvalue weighted by Gasteiger charge is 2.40. The summed E-state index contributed by atoms with van der Waals surface area (Å²) in [7, 11) is 0. The SMILES string of the molecule is CCCCCc1cc(F)c2c(c1)=CC1=CC(CCC)(CCCCC)C(F)=C(F)C=21. The van der Waals surface area contributed by atoms with Crippen molar-refractivity contribution in [3.63, 3.8) is 0 Å². The summed E-state index contributed by atoms with van der Waals surface area (Å²) in [5.74, 6) is -2.01. The molecule has 1 unspecified atom stereocenters. The molecule has 0 spiro atoms. The molecule has 1 atom stereocenters. The number of allylic oxidation sites excluding steroid dienone is 4. The van der Waals surface area contributed by atoms with Gasteiger partial charge in [-0.2, -0.15) is 0 Å². The molecule has 2 aliphatic rings. The van der Waals surface area contributed by atoms with Gasteiger partial charge in [-0.25, -0.2) is 13.2 Å². The first-order valence-electron chi connectivity index (χ1n) is 11.3. The van der Waals surface area contributed by atoms with Gasteiger partial charge in [0.1, 0.15) is 11.6 Å². The lowest BCUT2D eigenvalue weighted by atomic mass is 9.72. The van der Waals surface area contributed by atoms with E-state index in [9.17, 15) is 4.39 Å². The summed E-state index contributed by atoms with van der Waals surface area (Å²) in [5, 5.41) is 0.906. The molecular formula is C26H33F3. The van der Waals surface area contributed by atoms with Crippen molar-refractivity contribution in [1.29, 1.82) is 0 Å². The third kappa shape index (κ3) is 4.25. The Morgan fingerprint density at radius 3 is 2.24 bits per heavy atom. The van der Waals surface area contributed by atoms with E-state index >= 15 is 8.78 Å². The van der Waals surface area contributed by atoms with Gasteiger partial charge < -0.3 is 0 Å². The summed E-state index contributed by atoms with van der Waals surface area (Å²) in [5.41, 5.74) is 0.787. The normalized spacial score (nSPS) is 20.5. The fourth-order valence-electron chi connectivity index (χ4n) is 4.84. The second-order valence-electron chi connectivity index (χ2n) is 8.61. The van der Waals surface area contributed by atoms with Crippen molar-refractivity contribution in [2.24, 2.45) is 5.41 Å². The Morgan fingerprint density at radius 2 is 1.55 bits per heavy atom. The van der Waals surface area contributed by atoms with Gasteiger partial charge in [0, 0.05) is 16.2 Å². The zero-order valence-corrected chi connectivity index (χ0v) is 18.0. The predicted octanol–water partition coefficient (Wildman–Crippen LogP) is 6.96. The van der Waals surface area contributed by atoms with E-state index in [1.54, 1.807) is 0 Å². The minimum atomic E-state index is -0.897. The molecule has 3 rings (SSSR count). The van der Waals surface area contributed by atoms with Crippen molar-refractivity contribution >= 4 is 11.6 Å². The van der Waals surface area contributed by atoms with E-state index in [1.165, 1.54) is 6.07 Å². The Kier molecular flexibility index (Phi) is 7.08. The first-order valence-corrected chi connectivity index (χ1v) is 11.3. The van der Waals surface area contributed by atoms with Crippen molar-refractivity contribution in [1.82, 2.24) is 0 Å². The van der Waals surface area contributed by atoms with Crippen molar-refractivity contribution in [3.8, 4) is 0 Å². The van der Waals surface area contributed by atoms with Gasteiger partial charge in [-0.1, -0.05) is 71.4 Å². The second-order valence-corrected chi connectivity index (χ2v) is 8.61. The summed E-state index contributed by atoms with van der Waals surface area (Å²) in [6.07, 6.45) is 12.6. The topological polar surface area (TPSA) is 0 Å². The number of hydrogen-bond acceptors (Lipinski definition) is 0. The van der Waals surface area contributed by atoms with Crippen LogP contribution in [0.1, 0.15) is 84.1 Å². The quantitative estimate of drug-likeness (QED) is 0.371. The van der Waals surface area contributed by atoms with E-state index in [4.69, 9.17) is 0 Å². The molecule has 0 aliphatic heterocycles. The van der Waals surface area contributed by atoms with Crippen LogP contribution in [0.25, 0.3) is 11.6 Å². The lowest BCUT2D eigenvalue weighted by Gasteiger charge is -2.33. The molecule has 29 heavy (non-hydrogen) atoms. The van der Waals surface area contributed by atoms with Crippen molar-refractivity contribution < 1.29 is 13.2 Å². The lowest BCUT2D eigenvalue weighted by Crippen LogP contribution is -2.29. The van der Waals surface area contributed by atoms with Crippen LogP contribution in [0.15, 0.2) is 35.4 Å². The van der Waals surface area contributed by atoms with Crippen LogP contribution in [0.5, 0.6) is 0 Å². The predicted molar refractivity (Wildman–Crippen MR) is 116 cm³/mol. The Balaban J connectivity index is 2.08. The molecule has 2 aliphatic carbocycles. The maximum absolute atomic E-state index is 15.4. The Hall–Kier alpha value is -1.77. The zero-order chi connectivity index (χ0) is 21.0. The van der Waals surface area contributed by atoms with Crippen LogP contribution in [0.2, 0.25) is 0 Å². The maximum atomic E-state index is 15.4. The zero-order valence-electron chi connectivity index (χ0n) is 18.0. The van der Waals surface area contributed by atoms with Crippen LogP contribution in [0.4, 0.5) is 13.2 Å². The highest BCUT2D eigenvalue weighted by atomic mass is 19.2. The third-order valence-electron chi connectivity index (χ3n) is 6.30. The van der Waals surface area contributed by atoms with E-state index in [0.717, 1.165) is 56.9 Å². The number of aryl methyl sites for hydroxylation is 1. The molecule has 0 bridgehead atoms. The fourth-order valence-corrected chi connectivity index (χ4v) is 4.84. The molecule has 0 aromatic heterocycles. The number of halogens is 3.